The van der Waals surface area contributed by atoms with Gasteiger partial charge in [-0.3, -0.25) is 9.97 Å². The Bertz CT molecular complexity index is 708. The van der Waals surface area contributed by atoms with Gasteiger partial charge < -0.3 is 5.32 Å². The Hall–Kier alpha value is -2.26. The van der Waals surface area contributed by atoms with Crippen LogP contribution in [0.5, 0.6) is 0 Å². The van der Waals surface area contributed by atoms with Crippen LogP contribution in [0.4, 0.5) is 0 Å². The van der Waals surface area contributed by atoms with Crippen molar-refractivity contribution in [3.8, 4) is 0 Å². The highest BCUT2D eigenvalue weighted by atomic mass is 14.8. The first-order valence-electron chi connectivity index (χ1n) is 6.77. The molecular formula is C17H17N3. The zero-order valence-electron chi connectivity index (χ0n) is 11.5. The molecule has 100 valence electrons. The van der Waals surface area contributed by atoms with Crippen molar-refractivity contribution in [2.75, 3.05) is 0 Å². The molecule has 0 spiro atoms. The third-order valence-corrected chi connectivity index (χ3v) is 3.27. The Kier molecular flexibility index (Phi) is 3.70. The maximum atomic E-state index is 4.52. The highest BCUT2D eigenvalue weighted by Crippen LogP contribution is 2.14. The first-order valence-corrected chi connectivity index (χ1v) is 6.77. The van der Waals surface area contributed by atoms with Gasteiger partial charge in [0.1, 0.15) is 0 Å². The molecule has 0 aliphatic heterocycles. The lowest BCUT2D eigenvalue weighted by Crippen LogP contribution is -2.12. The van der Waals surface area contributed by atoms with E-state index in [0.29, 0.717) is 0 Å². The molecule has 3 aromatic rings. The molecule has 20 heavy (non-hydrogen) atoms. The molecule has 3 rings (SSSR count). The van der Waals surface area contributed by atoms with Crippen LogP contribution in [-0.2, 0) is 13.1 Å². The lowest BCUT2D eigenvalue weighted by atomic mass is 10.1. The summed E-state index contributed by atoms with van der Waals surface area (Å²) in [6, 6.07) is 14.6. The quantitative estimate of drug-likeness (QED) is 0.785. The summed E-state index contributed by atoms with van der Waals surface area (Å²) in [6.45, 7) is 3.69. The minimum atomic E-state index is 0.831. The van der Waals surface area contributed by atoms with Gasteiger partial charge in [0, 0.05) is 36.6 Å². The summed E-state index contributed by atoms with van der Waals surface area (Å²) in [5.74, 6) is 0. The molecule has 0 saturated carbocycles. The highest BCUT2D eigenvalue weighted by Gasteiger charge is 1.99. The lowest BCUT2D eigenvalue weighted by Gasteiger charge is -2.06. The predicted octanol–water partition coefficient (Wildman–Crippen LogP) is 3.23. The van der Waals surface area contributed by atoms with Gasteiger partial charge in [0.05, 0.1) is 5.52 Å². The highest BCUT2D eigenvalue weighted by molar-refractivity contribution is 5.79. The molecule has 0 aliphatic carbocycles. The monoisotopic (exact) mass is 263 g/mol. The summed E-state index contributed by atoms with van der Waals surface area (Å²) in [5, 5.41) is 4.62. The van der Waals surface area contributed by atoms with E-state index in [1.807, 2.05) is 19.2 Å². The summed E-state index contributed by atoms with van der Waals surface area (Å²) in [6.07, 6.45) is 3.68. The number of aryl methyl sites for hydroxylation is 1. The second-order valence-electron chi connectivity index (χ2n) is 4.94. The van der Waals surface area contributed by atoms with Crippen molar-refractivity contribution in [1.82, 2.24) is 15.3 Å². The van der Waals surface area contributed by atoms with E-state index >= 15 is 0 Å². The molecule has 0 saturated heterocycles. The minimum Gasteiger partial charge on any atom is -0.309 e. The van der Waals surface area contributed by atoms with Gasteiger partial charge >= 0.3 is 0 Å². The molecule has 1 N–H and O–H groups in total. The largest absolute Gasteiger partial charge is 0.309 e. The number of hydrogen-bond donors (Lipinski definition) is 1. The number of hydrogen-bond acceptors (Lipinski definition) is 3. The molecule has 0 aliphatic rings. The number of nitrogens with one attached hydrogen (secondary N) is 1. The molecule has 1 aromatic carbocycles. The van der Waals surface area contributed by atoms with E-state index in [1.165, 1.54) is 16.5 Å². The van der Waals surface area contributed by atoms with E-state index in [4.69, 9.17) is 0 Å². The van der Waals surface area contributed by atoms with Crippen LogP contribution in [0.1, 0.15) is 16.8 Å². The third-order valence-electron chi connectivity index (χ3n) is 3.27. The summed E-state index contributed by atoms with van der Waals surface area (Å²) in [7, 11) is 0. The van der Waals surface area contributed by atoms with Gasteiger partial charge in [-0.25, -0.2) is 0 Å². The van der Waals surface area contributed by atoms with Crippen LogP contribution in [0.2, 0.25) is 0 Å². The van der Waals surface area contributed by atoms with Crippen molar-refractivity contribution in [2.45, 2.75) is 20.0 Å². The van der Waals surface area contributed by atoms with E-state index < -0.39 is 0 Å². The number of rotatable bonds is 4. The summed E-state index contributed by atoms with van der Waals surface area (Å²) in [5.41, 5.74) is 4.58. The van der Waals surface area contributed by atoms with E-state index in [0.717, 1.165) is 24.3 Å². The normalized spacial score (nSPS) is 10.8. The van der Waals surface area contributed by atoms with Crippen molar-refractivity contribution in [3.05, 3.63) is 71.7 Å². The Morgan fingerprint density at radius 2 is 1.90 bits per heavy atom. The van der Waals surface area contributed by atoms with Crippen LogP contribution in [0.15, 0.2) is 54.9 Å². The predicted molar refractivity (Wildman–Crippen MR) is 81.3 cm³/mol. The zero-order valence-corrected chi connectivity index (χ0v) is 11.5. The molecule has 3 nitrogen and oxygen atoms in total. The summed E-state index contributed by atoms with van der Waals surface area (Å²) in [4.78, 5) is 8.63. The van der Waals surface area contributed by atoms with Crippen LogP contribution < -0.4 is 5.32 Å². The van der Waals surface area contributed by atoms with Gasteiger partial charge in [0.25, 0.3) is 0 Å². The van der Waals surface area contributed by atoms with Gasteiger partial charge in [-0.15, -0.1) is 0 Å². The first kappa shape index (κ1) is 12.8. The Labute approximate surface area is 118 Å². The fourth-order valence-corrected chi connectivity index (χ4v) is 2.24. The summed E-state index contributed by atoms with van der Waals surface area (Å²) >= 11 is 0. The molecular weight excluding hydrogens is 246 g/mol. The topological polar surface area (TPSA) is 37.8 Å². The Balaban J connectivity index is 1.67. The molecule has 0 fully saturated rings. The molecule has 2 aromatic heterocycles. The number of pyridine rings is 2. The second-order valence-corrected chi connectivity index (χ2v) is 4.94. The van der Waals surface area contributed by atoms with Gasteiger partial charge in [-0.2, -0.15) is 0 Å². The van der Waals surface area contributed by atoms with E-state index in [-0.39, 0.29) is 0 Å². The molecule has 0 unspecified atom stereocenters. The average Bonchev–Trinajstić information content (AvgIpc) is 2.48. The zero-order chi connectivity index (χ0) is 13.8. The van der Waals surface area contributed by atoms with Crippen molar-refractivity contribution in [1.29, 1.82) is 0 Å². The molecule has 0 radical (unpaired) electrons. The van der Waals surface area contributed by atoms with E-state index in [1.54, 1.807) is 6.20 Å². The first-order chi connectivity index (χ1) is 9.81. The van der Waals surface area contributed by atoms with E-state index in [2.05, 4.69) is 51.7 Å². The number of nitrogens with zero attached hydrogens (tertiary/aromatic N) is 2. The van der Waals surface area contributed by atoms with Crippen LogP contribution >= 0.6 is 0 Å². The van der Waals surface area contributed by atoms with Crippen molar-refractivity contribution >= 4 is 10.9 Å². The maximum Gasteiger partial charge on any atom is 0.0705 e. The van der Waals surface area contributed by atoms with Gasteiger partial charge in [-0.1, -0.05) is 18.2 Å². The smallest absolute Gasteiger partial charge is 0.0705 e. The fraction of sp³-hybridized carbons (Fsp3) is 0.176. The maximum absolute atomic E-state index is 4.52. The van der Waals surface area contributed by atoms with Crippen LogP contribution in [0.3, 0.4) is 0 Å². The van der Waals surface area contributed by atoms with Crippen molar-refractivity contribution < 1.29 is 0 Å². The molecule has 0 amide bonds. The lowest BCUT2D eigenvalue weighted by molar-refractivity contribution is 0.692. The summed E-state index contributed by atoms with van der Waals surface area (Å²) < 4.78 is 0. The number of fused-ring (bicyclic) bond motifs is 1. The molecule has 3 heteroatoms. The van der Waals surface area contributed by atoms with Crippen LogP contribution in [-0.4, -0.2) is 9.97 Å². The minimum absolute atomic E-state index is 0.831. The molecule has 2 heterocycles. The van der Waals surface area contributed by atoms with Crippen LogP contribution in [0, 0.1) is 6.92 Å². The standard InChI is InChI=1S/C17H17N3/c1-13-4-6-16-9-14(5-7-17(16)20-13)10-19-12-15-3-2-8-18-11-15/h2-9,11,19H,10,12H2,1H3. The third kappa shape index (κ3) is 3.00. The van der Waals surface area contributed by atoms with Crippen molar-refractivity contribution in [2.24, 2.45) is 0 Å². The SMILES string of the molecule is Cc1ccc2cc(CNCc3cccnc3)ccc2n1. The van der Waals surface area contributed by atoms with Crippen molar-refractivity contribution in [3.63, 3.8) is 0 Å². The average molecular weight is 263 g/mol. The van der Waals surface area contributed by atoms with Gasteiger partial charge in [-0.05, 0) is 42.3 Å². The van der Waals surface area contributed by atoms with Gasteiger partial charge in [0.2, 0.25) is 0 Å². The number of benzene rings is 1. The van der Waals surface area contributed by atoms with Crippen LogP contribution in [0.25, 0.3) is 10.9 Å². The molecule has 0 bridgehead atoms. The van der Waals surface area contributed by atoms with E-state index in [9.17, 15) is 0 Å². The number of aromatic nitrogens is 2. The Morgan fingerprint density at radius 1 is 1.00 bits per heavy atom. The molecule has 0 atom stereocenters. The van der Waals surface area contributed by atoms with Gasteiger partial charge in [0.15, 0.2) is 0 Å². The Morgan fingerprint density at radius 3 is 2.75 bits per heavy atom. The fourth-order valence-electron chi connectivity index (χ4n) is 2.24. The second kappa shape index (κ2) is 5.80.